The summed E-state index contributed by atoms with van der Waals surface area (Å²) < 4.78 is 0. The third kappa shape index (κ3) is 5.10. The molecule has 3 rings (SSSR count). The van der Waals surface area contributed by atoms with Gasteiger partial charge in [-0.2, -0.15) is 0 Å². The Kier molecular flexibility index (Phi) is 7.17. The fraction of sp³-hybridized carbons (Fsp3) is 0.167. The van der Waals surface area contributed by atoms with Crippen LogP contribution in [0.1, 0.15) is 19.4 Å². The van der Waals surface area contributed by atoms with Crippen LogP contribution in [0.4, 0.5) is 0 Å². The highest BCUT2D eigenvalue weighted by Gasteiger charge is 2.20. The summed E-state index contributed by atoms with van der Waals surface area (Å²) in [5.41, 5.74) is 17.9. The first kappa shape index (κ1) is 22.5. The van der Waals surface area contributed by atoms with Gasteiger partial charge in [-0.1, -0.05) is 13.8 Å². The number of aliphatic imine (C=N–C) groups is 2. The molecule has 1 aromatic rings. The number of pyridine rings is 1. The number of amidine groups is 1. The van der Waals surface area contributed by atoms with Crippen molar-refractivity contribution < 1.29 is 0 Å². The molecule has 0 saturated carbocycles. The zero-order valence-corrected chi connectivity index (χ0v) is 18.4. The van der Waals surface area contributed by atoms with Crippen LogP contribution >= 0.6 is 0 Å². The minimum Gasteiger partial charge on any atom is -0.404 e. The third-order valence-electron chi connectivity index (χ3n) is 4.93. The first-order valence-corrected chi connectivity index (χ1v) is 10.2. The Morgan fingerprint density at radius 3 is 2.69 bits per heavy atom. The number of nitrogens with one attached hydrogen (secondary N) is 3. The lowest BCUT2D eigenvalue weighted by Crippen LogP contribution is -2.27. The Morgan fingerprint density at radius 1 is 1.25 bits per heavy atom. The Bertz CT molecular complexity index is 1130. The molecule has 0 saturated heterocycles. The number of dihydropyridines is 2. The lowest BCUT2D eigenvalue weighted by atomic mass is 9.95. The van der Waals surface area contributed by atoms with Crippen LogP contribution in [0.5, 0.6) is 0 Å². The summed E-state index contributed by atoms with van der Waals surface area (Å²) in [6, 6.07) is 3.81. The van der Waals surface area contributed by atoms with Crippen molar-refractivity contribution in [2.75, 3.05) is 7.05 Å². The van der Waals surface area contributed by atoms with E-state index in [0.717, 1.165) is 39.4 Å². The number of hydrogen-bond acceptors (Lipinski definition) is 7. The first-order chi connectivity index (χ1) is 15.5. The summed E-state index contributed by atoms with van der Waals surface area (Å²) in [6.45, 7) is 4.01. The number of aromatic nitrogens is 1. The van der Waals surface area contributed by atoms with Crippen molar-refractivity contribution in [3.05, 3.63) is 101 Å². The van der Waals surface area contributed by atoms with Gasteiger partial charge in [0.25, 0.3) is 0 Å². The van der Waals surface area contributed by atoms with Gasteiger partial charge in [0.15, 0.2) is 0 Å². The van der Waals surface area contributed by atoms with Crippen molar-refractivity contribution >= 4 is 17.8 Å². The molecule has 8 heteroatoms. The van der Waals surface area contributed by atoms with Crippen LogP contribution in [0.2, 0.25) is 0 Å². The van der Waals surface area contributed by atoms with E-state index in [4.69, 9.17) is 16.9 Å². The Balaban J connectivity index is 1.86. The topological polar surface area (TPSA) is 138 Å². The van der Waals surface area contributed by atoms with Gasteiger partial charge in [0, 0.05) is 54.8 Å². The van der Waals surface area contributed by atoms with Gasteiger partial charge < -0.3 is 27.5 Å². The highest BCUT2D eigenvalue weighted by molar-refractivity contribution is 6.15. The smallest absolute Gasteiger partial charge is 0.132 e. The monoisotopic (exact) mass is 428 g/mol. The molecule has 2 aliphatic rings. The van der Waals surface area contributed by atoms with E-state index < -0.39 is 0 Å². The minimum atomic E-state index is 0.190. The minimum absolute atomic E-state index is 0.190. The number of hydrogen-bond donors (Lipinski definition) is 5. The number of nitrogens with two attached hydrogens (primary N) is 2. The highest BCUT2D eigenvalue weighted by Crippen LogP contribution is 2.25. The average Bonchev–Trinajstić information content (AvgIpc) is 2.80. The van der Waals surface area contributed by atoms with Crippen LogP contribution in [0.3, 0.4) is 0 Å². The molecule has 32 heavy (non-hydrogen) atoms. The largest absolute Gasteiger partial charge is 0.404 e. The fourth-order valence-electron chi connectivity index (χ4n) is 3.25. The Labute approximate surface area is 188 Å². The van der Waals surface area contributed by atoms with Gasteiger partial charge in [0.1, 0.15) is 11.7 Å². The SMILES string of the molecule is CN=C(C(=CN)C1=CNC2=CC=C(N=C(N)C=C(C=N)C(C)C)NC2=C1)c1cccnc1. The summed E-state index contributed by atoms with van der Waals surface area (Å²) in [4.78, 5) is 13.1. The average molecular weight is 429 g/mol. The normalized spacial score (nSPS) is 17.4. The van der Waals surface area contributed by atoms with Crippen molar-refractivity contribution in [3.8, 4) is 0 Å². The predicted octanol–water partition coefficient (Wildman–Crippen LogP) is 2.63. The molecule has 0 atom stereocenters. The maximum Gasteiger partial charge on any atom is 0.132 e. The van der Waals surface area contributed by atoms with E-state index in [-0.39, 0.29) is 5.92 Å². The number of allylic oxidation sites excluding steroid dienone is 6. The zero-order chi connectivity index (χ0) is 23.1. The summed E-state index contributed by atoms with van der Waals surface area (Å²) >= 11 is 0. The van der Waals surface area contributed by atoms with E-state index >= 15 is 0 Å². The summed E-state index contributed by atoms with van der Waals surface area (Å²) in [5, 5.41) is 14.1. The quantitative estimate of drug-likeness (QED) is 0.336. The molecule has 0 amide bonds. The Hall–Kier alpha value is -4.20. The van der Waals surface area contributed by atoms with E-state index in [1.54, 1.807) is 31.7 Å². The summed E-state index contributed by atoms with van der Waals surface area (Å²) in [7, 11) is 1.73. The van der Waals surface area contributed by atoms with Crippen LogP contribution in [0.25, 0.3) is 0 Å². The molecular weight excluding hydrogens is 400 g/mol. The molecule has 0 radical (unpaired) electrons. The molecule has 164 valence electrons. The molecule has 0 bridgehead atoms. The van der Waals surface area contributed by atoms with Crippen LogP contribution in [0.15, 0.2) is 105 Å². The lowest BCUT2D eigenvalue weighted by molar-refractivity contribution is 0.806. The maximum absolute atomic E-state index is 7.52. The summed E-state index contributed by atoms with van der Waals surface area (Å²) in [6.07, 6.45) is 15.7. The summed E-state index contributed by atoms with van der Waals surface area (Å²) in [5.74, 6) is 1.11. The van der Waals surface area contributed by atoms with Crippen LogP contribution in [0, 0.1) is 11.3 Å². The second kappa shape index (κ2) is 10.2. The zero-order valence-electron chi connectivity index (χ0n) is 18.4. The molecule has 1 aromatic heterocycles. The highest BCUT2D eigenvalue weighted by atomic mass is 15.1. The van der Waals surface area contributed by atoms with E-state index in [9.17, 15) is 0 Å². The molecule has 0 aromatic carbocycles. The van der Waals surface area contributed by atoms with E-state index in [2.05, 4.69) is 25.6 Å². The maximum atomic E-state index is 7.52. The van der Waals surface area contributed by atoms with Gasteiger partial charge in [0.05, 0.1) is 17.1 Å². The molecule has 8 nitrogen and oxygen atoms in total. The van der Waals surface area contributed by atoms with Crippen LogP contribution in [-0.2, 0) is 0 Å². The molecule has 7 N–H and O–H groups in total. The lowest BCUT2D eigenvalue weighted by Gasteiger charge is -2.24. The molecular formula is C24H28N8. The second-order valence-corrected chi connectivity index (χ2v) is 7.43. The van der Waals surface area contributed by atoms with E-state index in [0.29, 0.717) is 11.7 Å². The van der Waals surface area contributed by atoms with Crippen LogP contribution in [-0.4, -0.2) is 29.8 Å². The fourth-order valence-corrected chi connectivity index (χ4v) is 3.25. The molecule has 0 fully saturated rings. The van der Waals surface area contributed by atoms with E-state index in [1.807, 2.05) is 50.4 Å². The van der Waals surface area contributed by atoms with Gasteiger partial charge in [0.2, 0.25) is 0 Å². The molecule has 0 aliphatic carbocycles. The number of fused-ring (bicyclic) bond motifs is 1. The van der Waals surface area contributed by atoms with Crippen molar-refractivity contribution in [3.63, 3.8) is 0 Å². The number of rotatable bonds is 7. The predicted molar refractivity (Wildman–Crippen MR) is 131 cm³/mol. The Morgan fingerprint density at radius 2 is 2.06 bits per heavy atom. The molecule has 3 heterocycles. The van der Waals surface area contributed by atoms with Gasteiger partial charge in [-0.05, 0) is 47.9 Å². The molecule has 2 aliphatic heterocycles. The van der Waals surface area contributed by atoms with Crippen molar-refractivity contribution in [2.45, 2.75) is 13.8 Å². The van der Waals surface area contributed by atoms with Gasteiger partial charge >= 0.3 is 0 Å². The van der Waals surface area contributed by atoms with E-state index in [1.165, 1.54) is 6.21 Å². The van der Waals surface area contributed by atoms with Gasteiger partial charge in [-0.15, -0.1) is 0 Å². The van der Waals surface area contributed by atoms with Gasteiger partial charge in [-0.3, -0.25) is 9.98 Å². The van der Waals surface area contributed by atoms with Gasteiger partial charge in [-0.25, -0.2) is 4.99 Å². The first-order valence-electron chi connectivity index (χ1n) is 10.2. The molecule has 0 spiro atoms. The van der Waals surface area contributed by atoms with Crippen molar-refractivity contribution in [2.24, 2.45) is 27.4 Å². The van der Waals surface area contributed by atoms with Crippen molar-refractivity contribution in [1.29, 1.82) is 5.41 Å². The number of nitrogens with zero attached hydrogens (tertiary/aromatic N) is 3. The third-order valence-corrected chi connectivity index (χ3v) is 4.93. The van der Waals surface area contributed by atoms with Crippen LogP contribution < -0.4 is 22.1 Å². The molecule has 0 unspecified atom stereocenters. The standard InChI is InChI=1S/C24H28N8/c1-15(2)17(11-25)10-22(27)32-23-7-6-20-21(31-23)9-18(14-30-20)19(12-26)24(28-3)16-5-4-8-29-13-16/h4-15,25,30-31H,26H2,1-3H3,(H2,27,32). The van der Waals surface area contributed by atoms with Crippen molar-refractivity contribution in [1.82, 2.24) is 15.6 Å². The second-order valence-electron chi connectivity index (χ2n) is 7.43.